The molecule has 1 aromatic carbocycles. The van der Waals surface area contributed by atoms with Crippen LogP contribution in [0.1, 0.15) is 29.8 Å². The van der Waals surface area contributed by atoms with E-state index in [0.717, 1.165) is 5.56 Å². The fourth-order valence-corrected chi connectivity index (χ4v) is 2.56. The second-order valence-electron chi connectivity index (χ2n) is 5.88. The highest BCUT2D eigenvalue weighted by atomic mass is 16.4. The van der Waals surface area contributed by atoms with Gasteiger partial charge in [0.15, 0.2) is 0 Å². The van der Waals surface area contributed by atoms with Crippen molar-refractivity contribution in [2.45, 2.75) is 20.4 Å². The van der Waals surface area contributed by atoms with Crippen molar-refractivity contribution in [1.82, 2.24) is 9.80 Å². The van der Waals surface area contributed by atoms with Crippen molar-refractivity contribution in [1.29, 1.82) is 0 Å². The number of amides is 2. The van der Waals surface area contributed by atoms with Gasteiger partial charge in [-0.1, -0.05) is 32.0 Å². The summed E-state index contributed by atoms with van der Waals surface area (Å²) in [4.78, 5) is 38.2. The number of hydrogen-bond donors (Lipinski definition) is 1. The van der Waals surface area contributed by atoms with Crippen LogP contribution in [0.2, 0.25) is 0 Å². The predicted octanol–water partition coefficient (Wildman–Crippen LogP) is 1.21. The molecule has 6 nitrogen and oxygen atoms in total. The Morgan fingerprint density at radius 3 is 2.59 bits per heavy atom. The molecule has 0 radical (unpaired) electrons. The fraction of sp³-hybridized carbons (Fsp3) is 0.438. The SMILES string of the molecule is CC(C)CN(CC(=O)O)C(=O)CN1Cc2ccccc2C1=O. The molecule has 1 heterocycles. The number of carboxylic acid groups (broad SMARTS) is 1. The van der Waals surface area contributed by atoms with Crippen LogP contribution in [0.5, 0.6) is 0 Å². The van der Waals surface area contributed by atoms with E-state index in [1.165, 1.54) is 9.80 Å². The van der Waals surface area contributed by atoms with Gasteiger partial charge in [-0.25, -0.2) is 0 Å². The summed E-state index contributed by atoms with van der Waals surface area (Å²) >= 11 is 0. The van der Waals surface area contributed by atoms with E-state index in [0.29, 0.717) is 18.7 Å². The zero-order valence-electron chi connectivity index (χ0n) is 12.8. The van der Waals surface area contributed by atoms with E-state index in [9.17, 15) is 14.4 Å². The summed E-state index contributed by atoms with van der Waals surface area (Å²) in [5.74, 6) is -1.40. The Hall–Kier alpha value is -2.37. The van der Waals surface area contributed by atoms with E-state index < -0.39 is 5.97 Å². The normalized spacial score (nSPS) is 13.4. The minimum atomic E-state index is -1.05. The predicted molar refractivity (Wildman–Crippen MR) is 80.2 cm³/mol. The molecule has 118 valence electrons. The maximum absolute atomic E-state index is 12.3. The number of carboxylic acids is 1. The Morgan fingerprint density at radius 2 is 2.00 bits per heavy atom. The Labute approximate surface area is 129 Å². The van der Waals surface area contributed by atoms with Gasteiger partial charge >= 0.3 is 5.97 Å². The van der Waals surface area contributed by atoms with Crippen LogP contribution in [0.3, 0.4) is 0 Å². The van der Waals surface area contributed by atoms with Gasteiger partial charge in [0.05, 0.1) is 0 Å². The molecule has 0 aliphatic carbocycles. The Morgan fingerprint density at radius 1 is 1.32 bits per heavy atom. The van der Waals surface area contributed by atoms with Gasteiger partial charge < -0.3 is 14.9 Å². The summed E-state index contributed by atoms with van der Waals surface area (Å²) in [6.45, 7) is 4.15. The molecule has 0 saturated heterocycles. The summed E-state index contributed by atoms with van der Waals surface area (Å²) < 4.78 is 0. The van der Waals surface area contributed by atoms with Crippen molar-refractivity contribution in [3.8, 4) is 0 Å². The first-order valence-corrected chi connectivity index (χ1v) is 7.25. The second kappa shape index (κ2) is 6.60. The molecular formula is C16H20N2O4. The van der Waals surface area contributed by atoms with E-state index >= 15 is 0 Å². The molecule has 0 spiro atoms. The second-order valence-corrected chi connectivity index (χ2v) is 5.88. The molecule has 0 bridgehead atoms. The standard InChI is InChI=1S/C16H20N2O4/c1-11(2)7-17(10-15(20)21)14(19)9-18-8-12-5-3-4-6-13(12)16(18)22/h3-6,11H,7-10H2,1-2H3,(H,20,21). The number of nitrogens with zero attached hydrogens (tertiary/aromatic N) is 2. The molecule has 0 atom stereocenters. The number of carbonyl (C=O) groups excluding carboxylic acids is 2. The van der Waals surface area contributed by atoms with Gasteiger partial charge in [0, 0.05) is 18.7 Å². The summed E-state index contributed by atoms with van der Waals surface area (Å²) in [5.41, 5.74) is 1.51. The molecule has 2 rings (SSSR count). The van der Waals surface area contributed by atoms with Gasteiger partial charge in [-0.3, -0.25) is 14.4 Å². The van der Waals surface area contributed by atoms with Crippen molar-refractivity contribution in [2.75, 3.05) is 19.6 Å². The molecule has 1 aromatic rings. The monoisotopic (exact) mass is 304 g/mol. The molecule has 0 fully saturated rings. The van der Waals surface area contributed by atoms with Crippen molar-refractivity contribution in [3.05, 3.63) is 35.4 Å². The maximum atomic E-state index is 12.3. The van der Waals surface area contributed by atoms with Gasteiger partial charge in [-0.2, -0.15) is 0 Å². The molecule has 1 aliphatic rings. The first-order valence-electron chi connectivity index (χ1n) is 7.25. The van der Waals surface area contributed by atoms with Crippen LogP contribution in [-0.4, -0.2) is 52.3 Å². The van der Waals surface area contributed by atoms with E-state index in [1.54, 1.807) is 12.1 Å². The van der Waals surface area contributed by atoms with Crippen LogP contribution >= 0.6 is 0 Å². The van der Waals surface area contributed by atoms with E-state index in [2.05, 4.69) is 0 Å². The topological polar surface area (TPSA) is 77.9 Å². The first-order chi connectivity index (χ1) is 10.4. The van der Waals surface area contributed by atoms with Crippen LogP contribution in [0.25, 0.3) is 0 Å². The third-order valence-corrected chi connectivity index (χ3v) is 3.49. The lowest BCUT2D eigenvalue weighted by Gasteiger charge is -2.25. The van der Waals surface area contributed by atoms with Gasteiger partial charge in [0.1, 0.15) is 13.1 Å². The first kappa shape index (κ1) is 16.0. The summed E-state index contributed by atoms with van der Waals surface area (Å²) in [6, 6.07) is 7.25. The van der Waals surface area contributed by atoms with Gasteiger partial charge in [-0.15, -0.1) is 0 Å². The molecule has 0 aromatic heterocycles. The summed E-state index contributed by atoms with van der Waals surface area (Å²) in [6.07, 6.45) is 0. The van der Waals surface area contributed by atoms with Crippen molar-refractivity contribution in [3.63, 3.8) is 0 Å². The van der Waals surface area contributed by atoms with Crippen molar-refractivity contribution < 1.29 is 19.5 Å². The number of hydrogen-bond acceptors (Lipinski definition) is 3. The van der Waals surface area contributed by atoms with E-state index in [-0.39, 0.29) is 30.8 Å². The average molecular weight is 304 g/mol. The molecule has 2 amide bonds. The lowest BCUT2D eigenvalue weighted by Crippen LogP contribution is -2.44. The molecule has 6 heteroatoms. The zero-order valence-corrected chi connectivity index (χ0v) is 12.8. The van der Waals surface area contributed by atoms with E-state index in [4.69, 9.17) is 5.11 Å². The Bertz CT molecular complexity index is 598. The molecule has 1 aliphatic heterocycles. The molecule has 1 N–H and O–H groups in total. The minimum Gasteiger partial charge on any atom is -0.480 e. The number of aliphatic carboxylic acids is 1. The van der Waals surface area contributed by atoms with Gasteiger partial charge in [0.25, 0.3) is 5.91 Å². The number of rotatable bonds is 6. The van der Waals surface area contributed by atoms with Gasteiger partial charge in [0.2, 0.25) is 5.91 Å². The summed E-state index contributed by atoms with van der Waals surface area (Å²) in [5, 5.41) is 8.93. The van der Waals surface area contributed by atoms with Crippen LogP contribution in [0.15, 0.2) is 24.3 Å². The highest BCUT2D eigenvalue weighted by molar-refractivity contribution is 6.00. The van der Waals surface area contributed by atoms with E-state index in [1.807, 2.05) is 26.0 Å². The molecule has 22 heavy (non-hydrogen) atoms. The van der Waals surface area contributed by atoms with Gasteiger partial charge in [-0.05, 0) is 17.5 Å². The quantitative estimate of drug-likeness (QED) is 0.857. The van der Waals surface area contributed by atoms with Crippen molar-refractivity contribution >= 4 is 17.8 Å². The zero-order chi connectivity index (χ0) is 16.3. The van der Waals surface area contributed by atoms with Crippen LogP contribution in [0, 0.1) is 5.92 Å². The van der Waals surface area contributed by atoms with Crippen LogP contribution < -0.4 is 0 Å². The molecule has 0 unspecified atom stereocenters. The fourth-order valence-electron chi connectivity index (χ4n) is 2.56. The Kier molecular flexibility index (Phi) is 4.80. The lowest BCUT2D eigenvalue weighted by atomic mass is 10.1. The third kappa shape index (κ3) is 3.63. The largest absolute Gasteiger partial charge is 0.480 e. The number of fused-ring (bicyclic) bond motifs is 1. The smallest absolute Gasteiger partial charge is 0.323 e. The highest BCUT2D eigenvalue weighted by Crippen LogP contribution is 2.22. The molecule has 0 saturated carbocycles. The van der Waals surface area contributed by atoms with Crippen LogP contribution in [-0.2, 0) is 16.1 Å². The lowest BCUT2D eigenvalue weighted by molar-refractivity contribution is -0.145. The molecular weight excluding hydrogens is 284 g/mol. The average Bonchev–Trinajstić information content (AvgIpc) is 2.74. The summed E-state index contributed by atoms with van der Waals surface area (Å²) in [7, 11) is 0. The number of benzene rings is 1. The third-order valence-electron chi connectivity index (χ3n) is 3.49. The maximum Gasteiger partial charge on any atom is 0.323 e. The highest BCUT2D eigenvalue weighted by Gasteiger charge is 2.30. The van der Waals surface area contributed by atoms with Crippen LogP contribution in [0.4, 0.5) is 0 Å². The Balaban J connectivity index is 2.05. The minimum absolute atomic E-state index is 0.0898. The van der Waals surface area contributed by atoms with Crippen molar-refractivity contribution in [2.24, 2.45) is 5.92 Å². The number of carbonyl (C=O) groups is 3.